The van der Waals surface area contributed by atoms with E-state index in [0.29, 0.717) is 19.1 Å². The van der Waals surface area contributed by atoms with E-state index in [1.54, 1.807) is 0 Å². The lowest BCUT2D eigenvalue weighted by Gasteiger charge is -2.22. The molecule has 0 bridgehead atoms. The minimum atomic E-state index is -0.427. The van der Waals surface area contributed by atoms with Crippen LogP contribution in [-0.2, 0) is 16.1 Å². The van der Waals surface area contributed by atoms with Crippen molar-refractivity contribution in [3.63, 3.8) is 0 Å². The Balaban J connectivity index is 0.00000169. The molecule has 2 N–H and O–H groups in total. The maximum absolute atomic E-state index is 12.2. The number of anilines is 1. The lowest BCUT2D eigenvalue weighted by molar-refractivity contribution is -0.128. The van der Waals surface area contributed by atoms with Gasteiger partial charge in [-0.25, -0.2) is 4.98 Å². The van der Waals surface area contributed by atoms with Gasteiger partial charge in [-0.15, -0.1) is 24.8 Å². The van der Waals surface area contributed by atoms with E-state index in [1.165, 1.54) is 0 Å². The van der Waals surface area contributed by atoms with Crippen molar-refractivity contribution < 1.29 is 9.53 Å². The van der Waals surface area contributed by atoms with Gasteiger partial charge in [-0.1, -0.05) is 26.0 Å². The monoisotopic (exact) mass is 400 g/mol. The van der Waals surface area contributed by atoms with Crippen LogP contribution in [0.3, 0.4) is 0 Å². The lowest BCUT2D eigenvalue weighted by atomic mass is 10.1. The zero-order valence-electron chi connectivity index (χ0n) is 15.0. The van der Waals surface area contributed by atoms with Crippen LogP contribution >= 0.6 is 24.8 Å². The molecular weight excluding hydrogens is 375 g/mol. The van der Waals surface area contributed by atoms with Gasteiger partial charge >= 0.3 is 0 Å². The molecule has 144 valence electrons. The fraction of sp³-hybridized carbons (Fsp3) is 0.444. The maximum Gasteiger partial charge on any atom is 0.254 e. The van der Waals surface area contributed by atoms with E-state index in [2.05, 4.69) is 40.1 Å². The van der Waals surface area contributed by atoms with Gasteiger partial charge in [0.15, 0.2) is 0 Å². The molecule has 0 radical (unpaired) electrons. The fourth-order valence-corrected chi connectivity index (χ4v) is 2.86. The zero-order chi connectivity index (χ0) is 16.9. The van der Waals surface area contributed by atoms with Crippen LogP contribution in [0.25, 0.3) is 0 Å². The molecule has 1 unspecified atom stereocenters. The topological polar surface area (TPSA) is 68.2 Å². The molecule has 1 atom stereocenters. The highest BCUT2D eigenvalue weighted by atomic mass is 35.5. The van der Waals surface area contributed by atoms with E-state index >= 15 is 0 Å². The van der Waals surface area contributed by atoms with E-state index in [0.717, 1.165) is 30.2 Å². The van der Waals surface area contributed by atoms with Gasteiger partial charge in [0, 0.05) is 43.6 Å². The number of ether oxygens (including phenoxy) is 1. The number of benzene rings is 1. The quantitative estimate of drug-likeness (QED) is 0.809. The second kappa shape index (κ2) is 10.5. The number of hydrogen-bond donors (Lipinski definition) is 2. The highest BCUT2D eigenvalue weighted by molar-refractivity contribution is 5.94. The SMILES string of the molecule is CC(C)c1nccn1Cc1cccc(NC(=O)C2CNCCO2)c1.Cl.Cl. The maximum atomic E-state index is 12.2. The van der Waals surface area contributed by atoms with Crippen molar-refractivity contribution in [3.05, 3.63) is 48.0 Å². The van der Waals surface area contributed by atoms with Crippen molar-refractivity contribution in [2.24, 2.45) is 0 Å². The van der Waals surface area contributed by atoms with Crippen molar-refractivity contribution in [2.45, 2.75) is 32.4 Å². The summed E-state index contributed by atoms with van der Waals surface area (Å²) in [5.74, 6) is 1.33. The summed E-state index contributed by atoms with van der Waals surface area (Å²) in [7, 11) is 0. The molecule has 1 aromatic heterocycles. The van der Waals surface area contributed by atoms with Crippen LogP contribution in [0.15, 0.2) is 36.7 Å². The molecule has 0 aliphatic carbocycles. The van der Waals surface area contributed by atoms with Crippen molar-refractivity contribution in [1.29, 1.82) is 0 Å². The van der Waals surface area contributed by atoms with E-state index in [9.17, 15) is 4.79 Å². The fourth-order valence-electron chi connectivity index (χ4n) is 2.86. The Morgan fingerprint density at radius 2 is 2.23 bits per heavy atom. The molecule has 2 heterocycles. The van der Waals surface area contributed by atoms with Gasteiger partial charge in [0.2, 0.25) is 0 Å². The van der Waals surface area contributed by atoms with Gasteiger partial charge in [0.1, 0.15) is 11.9 Å². The Labute approximate surface area is 166 Å². The number of carbonyl (C=O) groups is 1. The molecule has 1 aliphatic heterocycles. The van der Waals surface area contributed by atoms with Crippen molar-refractivity contribution >= 4 is 36.4 Å². The summed E-state index contributed by atoms with van der Waals surface area (Å²) in [6, 6.07) is 7.91. The molecule has 6 nitrogen and oxygen atoms in total. The predicted octanol–water partition coefficient (Wildman–Crippen LogP) is 2.83. The summed E-state index contributed by atoms with van der Waals surface area (Å²) in [6.45, 7) is 6.91. The molecule has 1 aromatic carbocycles. The lowest BCUT2D eigenvalue weighted by Crippen LogP contribution is -2.45. The number of amides is 1. The number of imidazole rings is 1. The number of morpholine rings is 1. The van der Waals surface area contributed by atoms with Crippen LogP contribution in [0.1, 0.15) is 31.2 Å². The first-order valence-corrected chi connectivity index (χ1v) is 8.36. The highest BCUT2D eigenvalue weighted by Crippen LogP contribution is 2.17. The van der Waals surface area contributed by atoms with E-state index in [1.807, 2.05) is 30.6 Å². The average Bonchev–Trinajstić information content (AvgIpc) is 3.04. The molecule has 0 spiro atoms. The van der Waals surface area contributed by atoms with Crippen molar-refractivity contribution in [1.82, 2.24) is 14.9 Å². The summed E-state index contributed by atoms with van der Waals surface area (Å²) in [5, 5.41) is 6.10. The Bertz CT molecular complexity index is 700. The molecule has 8 heteroatoms. The molecule has 1 aliphatic rings. The molecule has 0 saturated carbocycles. The van der Waals surface area contributed by atoms with Crippen LogP contribution in [0, 0.1) is 0 Å². The van der Waals surface area contributed by atoms with Crippen LogP contribution in [0.4, 0.5) is 5.69 Å². The van der Waals surface area contributed by atoms with Crippen LogP contribution in [-0.4, -0.2) is 41.3 Å². The third-order valence-corrected chi connectivity index (χ3v) is 4.03. The molecule has 26 heavy (non-hydrogen) atoms. The summed E-state index contributed by atoms with van der Waals surface area (Å²) in [4.78, 5) is 16.7. The predicted molar refractivity (Wildman–Crippen MR) is 108 cm³/mol. The summed E-state index contributed by atoms with van der Waals surface area (Å²) in [6.07, 6.45) is 3.39. The second-order valence-corrected chi connectivity index (χ2v) is 6.32. The second-order valence-electron chi connectivity index (χ2n) is 6.32. The Morgan fingerprint density at radius 1 is 1.42 bits per heavy atom. The smallest absolute Gasteiger partial charge is 0.254 e. The highest BCUT2D eigenvalue weighted by Gasteiger charge is 2.21. The Hall–Kier alpha value is -1.60. The van der Waals surface area contributed by atoms with Gasteiger partial charge in [-0.2, -0.15) is 0 Å². The summed E-state index contributed by atoms with van der Waals surface area (Å²) < 4.78 is 7.62. The van der Waals surface area contributed by atoms with Crippen LogP contribution < -0.4 is 10.6 Å². The van der Waals surface area contributed by atoms with Crippen LogP contribution in [0.2, 0.25) is 0 Å². The van der Waals surface area contributed by atoms with E-state index in [4.69, 9.17) is 4.74 Å². The third kappa shape index (κ3) is 5.71. The number of carbonyl (C=O) groups excluding carboxylic acids is 1. The number of halogens is 2. The van der Waals surface area contributed by atoms with Gasteiger partial charge in [-0.3, -0.25) is 4.79 Å². The molecule has 1 amide bonds. The van der Waals surface area contributed by atoms with Crippen molar-refractivity contribution in [3.8, 4) is 0 Å². The van der Waals surface area contributed by atoms with Crippen LogP contribution in [0.5, 0.6) is 0 Å². The van der Waals surface area contributed by atoms with Crippen molar-refractivity contribution in [2.75, 3.05) is 25.0 Å². The number of hydrogen-bond acceptors (Lipinski definition) is 4. The minimum absolute atomic E-state index is 0. The standard InChI is InChI=1S/C18H24N4O2.2ClH/c1-13(2)17-20-6-8-22(17)12-14-4-3-5-15(10-14)21-18(23)16-11-19-7-9-24-16;;/h3-6,8,10,13,16,19H,7,9,11-12H2,1-2H3,(H,21,23);2*1H. The number of nitrogens with one attached hydrogen (secondary N) is 2. The largest absolute Gasteiger partial charge is 0.366 e. The summed E-state index contributed by atoms with van der Waals surface area (Å²) >= 11 is 0. The molecule has 1 saturated heterocycles. The minimum Gasteiger partial charge on any atom is -0.366 e. The Kier molecular flexibility index (Phi) is 9.08. The normalized spacial score (nSPS) is 16.5. The van der Waals surface area contributed by atoms with E-state index < -0.39 is 6.10 Å². The Morgan fingerprint density at radius 3 is 2.92 bits per heavy atom. The summed E-state index contributed by atoms with van der Waals surface area (Å²) in [5.41, 5.74) is 1.91. The van der Waals surface area contributed by atoms with Gasteiger partial charge in [-0.05, 0) is 17.7 Å². The first-order valence-electron chi connectivity index (χ1n) is 8.36. The van der Waals surface area contributed by atoms with Gasteiger partial charge in [0.05, 0.1) is 6.61 Å². The first kappa shape index (κ1) is 22.4. The van der Waals surface area contributed by atoms with Gasteiger partial charge < -0.3 is 19.9 Å². The zero-order valence-corrected chi connectivity index (χ0v) is 16.6. The molecular formula is C18H26Cl2N4O2. The van der Waals surface area contributed by atoms with E-state index in [-0.39, 0.29) is 30.7 Å². The van der Waals surface area contributed by atoms with Gasteiger partial charge in [0.25, 0.3) is 5.91 Å². The molecule has 2 aromatic rings. The molecule has 3 rings (SSSR count). The molecule has 1 fully saturated rings. The average molecular weight is 401 g/mol. The number of aromatic nitrogens is 2. The number of rotatable bonds is 5. The first-order chi connectivity index (χ1) is 11.6. The number of nitrogens with zero attached hydrogens (tertiary/aromatic N) is 2. The third-order valence-electron chi connectivity index (χ3n) is 4.03.